The third kappa shape index (κ3) is 5.39. The van der Waals surface area contributed by atoms with E-state index in [0.717, 1.165) is 18.7 Å². The highest BCUT2D eigenvalue weighted by atomic mass is 19.4. The van der Waals surface area contributed by atoms with Crippen LogP contribution in [0.1, 0.15) is 18.1 Å². The van der Waals surface area contributed by atoms with Crippen molar-refractivity contribution in [2.75, 3.05) is 18.1 Å². The van der Waals surface area contributed by atoms with Gasteiger partial charge in [0.15, 0.2) is 6.29 Å². The first-order valence-electron chi connectivity index (χ1n) is 10.4. The summed E-state index contributed by atoms with van der Waals surface area (Å²) in [5, 5.41) is 3.15. The van der Waals surface area contributed by atoms with Crippen LogP contribution in [-0.2, 0) is 27.3 Å². The Morgan fingerprint density at radius 3 is 2.67 bits per heavy atom. The molecular weight excluding hydrogens is 439 g/mol. The summed E-state index contributed by atoms with van der Waals surface area (Å²) in [6.07, 6.45) is -2.94. The lowest BCUT2D eigenvalue weighted by atomic mass is 10.2. The molecule has 0 radical (unpaired) electrons. The maximum absolute atomic E-state index is 12.4. The average Bonchev–Trinajstić information content (AvgIpc) is 3.22. The summed E-state index contributed by atoms with van der Waals surface area (Å²) in [4.78, 5) is 18.9. The molecular formula is C23H22F3N3O4. The smallest absolute Gasteiger partial charge is 0.474 e. The summed E-state index contributed by atoms with van der Waals surface area (Å²) in [7, 11) is 0. The van der Waals surface area contributed by atoms with Crippen molar-refractivity contribution in [1.29, 1.82) is 0 Å². The molecule has 174 valence electrons. The molecule has 2 aromatic rings. The van der Waals surface area contributed by atoms with Crippen molar-refractivity contribution in [2.45, 2.75) is 32.6 Å². The van der Waals surface area contributed by atoms with Gasteiger partial charge in [-0.25, -0.2) is 9.79 Å². The number of para-hydroxylation sites is 1. The number of esters is 1. The van der Waals surface area contributed by atoms with E-state index in [-0.39, 0.29) is 30.4 Å². The average molecular weight is 461 g/mol. The molecule has 2 aliphatic heterocycles. The fourth-order valence-electron chi connectivity index (χ4n) is 3.63. The Hall–Kier alpha value is -3.69. The number of rotatable bonds is 7. The molecule has 2 heterocycles. The van der Waals surface area contributed by atoms with Crippen molar-refractivity contribution in [3.05, 3.63) is 71.1 Å². The fourth-order valence-corrected chi connectivity index (χ4v) is 3.63. The normalized spacial score (nSPS) is 17.5. The zero-order valence-corrected chi connectivity index (χ0v) is 17.8. The number of ether oxygens (including phenoxy) is 3. The molecule has 0 spiro atoms. The Balaban J connectivity index is 1.49. The topological polar surface area (TPSA) is 72.4 Å². The highest BCUT2D eigenvalue weighted by Crippen LogP contribution is 2.30. The van der Waals surface area contributed by atoms with Crippen LogP contribution >= 0.6 is 0 Å². The number of alkyl halides is 3. The van der Waals surface area contributed by atoms with Crippen LogP contribution in [0.3, 0.4) is 0 Å². The van der Waals surface area contributed by atoms with Gasteiger partial charge < -0.3 is 24.4 Å². The van der Waals surface area contributed by atoms with E-state index >= 15 is 0 Å². The molecule has 0 saturated heterocycles. The van der Waals surface area contributed by atoms with Crippen molar-refractivity contribution in [1.82, 2.24) is 5.32 Å². The second-order valence-electron chi connectivity index (χ2n) is 7.31. The van der Waals surface area contributed by atoms with Crippen LogP contribution in [0.4, 0.5) is 18.9 Å². The summed E-state index contributed by atoms with van der Waals surface area (Å²) in [6, 6.07) is 13.3. The second kappa shape index (κ2) is 9.43. The van der Waals surface area contributed by atoms with Gasteiger partial charge in [0.25, 0.3) is 0 Å². The number of nitrogens with one attached hydrogen (secondary N) is 1. The van der Waals surface area contributed by atoms with Gasteiger partial charge in [0.05, 0.1) is 6.61 Å². The molecule has 0 aromatic heterocycles. The summed E-state index contributed by atoms with van der Waals surface area (Å²) >= 11 is 0. The third-order valence-electron chi connectivity index (χ3n) is 5.10. The molecule has 1 atom stereocenters. The first kappa shape index (κ1) is 22.5. The number of aliphatic imine (C=N–C) groups is 1. The number of hydrogen-bond acceptors (Lipinski definition) is 7. The van der Waals surface area contributed by atoms with E-state index < -0.39 is 18.6 Å². The monoisotopic (exact) mass is 461 g/mol. The molecule has 2 aliphatic rings. The second-order valence-corrected chi connectivity index (χ2v) is 7.31. The summed E-state index contributed by atoms with van der Waals surface area (Å²) in [5.41, 5.74) is 2.98. The summed E-state index contributed by atoms with van der Waals surface area (Å²) in [6.45, 7) is 2.64. The number of carbonyl (C=O) groups is 1. The van der Waals surface area contributed by atoms with Gasteiger partial charge >= 0.3 is 12.3 Å². The zero-order valence-electron chi connectivity index (χ0n) is 17.8. The SMILES string of the molecule is CCOC(=O)C1=C(OCc2ccc(OC(F)(F)F)cc2)NC(N2CCc3ccccc32)N=C1. The Morgan fingerprint density at radius 2 is 1.94 bits per heavy atom. The van der Waals surface area contributed by atoms with Crippen LogP contribution in [-0.4, -0.2) is 38.0 Å². The number of nitrogens with zero attached hydrogens (tertiary/aromatic N) is 2. The van der Waals surface area contributed by atoms with Gasteiger partial charge in [0.1, 0.15) is 17.9 Å². The van der Waals surface area contributed by atoms with E-state index in [1.807, 2.05) is 18.2 Å². The minimum atomic E-state index is -4.76. The van der Waals surface area contributed by atoms with E-state index in [0.29, 0.717) is 5.56 Å². The largest absolute Gasteiger partial charge is 0.573 e. The lowest BCUT2D eigenvalue weighted by molar-refractivity contribution is -0.274. The lowest BCUT2D eigenvalue weighted by Crippen LogP contribution is -2.46. The van der Waals surface area contributed by atoms with Crippen molar-refractivity contribution in [2.24, 2.45) is 4.99 Å². The highest BCUT2D eigenvalue weighted by molar-refractivity contribution is 6.10. The summed E-state index contributed by atoms with van der Waals surface area (Å²) < 4.78 is 51.9. The molecule has 33 heavy (non-hydrogen) atoms. The number of fused-ring (bicyclic) bond motifs is 1. The molecule has 2 aromatic carbocycles. The van der Waals surface area contributed by atoms with E-state index in [1.54, 1.807) is 6.92 Å². The number of hydrogen-bond donors (Lipinski definition) is 1. The first-order valence-corrected chi connectivity index (χ1v) is 10.4. The van der Waals surface area contributed by atoms with Crippen molar-refractivity contribution >= 4 is 17.9 Å². The van der Waals surface area contributed by atoms with Crippen LogP contribution < -0.4 is 15.0 Å². The maximum Gasteiger partial charge on any atom is 0.573 e. The van der Waals surface area contributed by atoms with Crippen LogP contribution in [0.2, 0.25) is 0 Å². The minimum absolute atomic E-state index is 0.00861. The molecule has 0 bridgehead atoms. The summed E-state index contributed by atoms with van der Waals surface area (Å²) in [5.74, 6) is -0.722. The maximum atomic E-state index is 12.4. The first-order chi connectivity index (χ1) is 15.8. The molecule has 0 saturated carbocycles. The molecule has 0 fully saturated rings. The van der Waals surface area contributed by atoms with E-state index in [1.165, 1.54) is 36.0 Å². The number of anilines is 1. The van der Waals surface area contributed by atoms with E-state index in [9.17, 15) is 18.0 Å². The number of benzene rings is 2. The molecule has 1 N–H and O–H groups in total. The standard InChI is InChI=1S/C23H22F3N3O4/c1-2-31-21(30)18-13-27-22(29-12-11-16-5-3-4-6-19(16)29)28-20(18)32-14-15-7-9-17(10-8-15)33-23(24,25)26/h3-10,13,22,28H,2,11-12,14H2,1H3. The van der Waals surface area contributed by atoms with Gasteiger partial charge in [-0.05, 0) is 42.7 Å². The third-order valence-corrected chi connectivity index (χ3v) is 5.10. The van der Waals surface area contributed by atoms with Gasteiger partial charge in [-0.2, -0.15) is 0 Å². The van der Waals surface area contributed by atoms with Crippen molar-refractivity contribution < 1.29 is 32.2 Å². The Kier molecular flexibility index (Phi) is 6.43. The van der Waals surface area contributed by atoms with Crippen molar-refractivity contribution in [3.63, 3.8) is 0 Å². The van der Waals surface area contributed by atoms with Crippen LogP contribution in [0.5, 0.6) is 5.75 Å². The van der Waals surface area contributed by atoms with Gasteiger partial charge in [-0.15, -0.1) is 13.2 Å². The van der Waals surface area contributed by atoms with E-state index in [4.69, 9.17) is 9.47 Å². The quantitative estimate of drug-likeness (QED) is 0.631. The zero-order chi connectivity index (χ0) is 23.4. The molecule has 0 amide bonds. The molecule has 4 rings (SSSR count). The Morgan fingerprint density at radius 1 is 1.18 bits per heavy atom. The van der Waals surface area contributed by atoms with Gasteiger partial charge in [0, 0.05) is 18.4 Å². The molecule has 0 aliphatic carbocycles. The molecule has 10 heteroatoms. The van der Waals surface area contributed by atoms with Gasteiger partial charge in [-0.1, -0.05) is 30.3 Å². The van der Waals surface area contributed by atoms with Crippen LogP contribution in [0.15, 0.2) is 65.0 Å². The number of halogens is 3. The fraction of sp³-hybridized carbons (Fsp3) is 0.304. The Labute approximate surface area is 188 Å². The van der Waals surface area contributed by atoms with Crippen molar-refractivity contribution in [3.8, 4) is 5.75 Å². The van der Waals surface area contributed by atoms with Gasteiger partial charge in [-0.3, -0.25) is 0 Å². The minimum Gasteiger partial charge on any atom is -0.474 e. The Bertz CT molecular complexity index is 1070. The predicted octanol–water partition coefficient (Wildman–Crippen LogP) is 3.90. The highest BCUT2D eigenvalue weighted by Gasteiger charge is 2.32. The number of carbonyl (C=O) groups excluding carboxylic acids is 1. The molecule has 1 unspecified atom stereocenters. The van der Waals surface area contributed by atoms with Crippen LogP contribution in [0.25, 0.3) is 0 Å². The lowest BCUT2D eigenvalue weighted by Gasteiger charge is -2.32. The predicted molar refractivity (Wildman–Crippen MR) is 114 cm³/mol. The molecule has 7 nitrogen and oxygen atoms in total. The van der Waals surface area contributed by atoms with Crippen LogP contribution in [0, 0.1) is 0 Å². The van der Waals surface area contributed by atoms with Gasteiger partial charge in [0.2, 0.25) is 5.88 Å². The van der Waals surface area contributed by atoms with E-state index in [2.05, 4.69) is 26.0 Å².